The number of hydrogen-bond acceptors (Lipinski definition) is 1. The van der Waals surface area contributed by atoms with E-state index in [1.54, 1.807) is 0 Å². The third-order valence-corrected chi connectivity index (χ3v) is 7.09. The lowest BCUT2D eigenvalue weighted by Gasteiger charge is -2.23. The van der Waals surface area contributed by atoms with Crippen LogP contribution in [0.3, 0.4) is 0 Å². The summed E-state index contributed by atoms with van der Waals surface area (Å²) in [5.41, 5.74) is 11.5. The Balaban J connectivity index is 1.86. The van der Waals surface area contributed by atoms with Gasteiger partial charge in [-0.05, 0) is 72.5 Å². The first-order chi connectivity index (χ1) is 18.2. The first kappa shape index (κ1) is 23.8. The van der Waals surface area contributed by atoms with Crippen LogP contribution in [0.2, 0.25) is 0 Å². The quantitative estimate of drug-likeness (QED) is 0.262. The van der Waals surface area contributed by atoms with E-state index in [1.165, 1.54) is 0 Å². The molecule has 1 aliphatic rings. The molecule has 0 radical (unpaired) electrons. The molecule has 0 aliphatic heterocycles. The van der Waals surface area contributed by atoms with Crippen LogP contribution < -0.4 is 0 Å². The fourth-order valence-corrected chi connectivity index (χ4v) is 5.47. The van der Waals surface area contributed by atoms with Gasteiger partial charge in [0.25, 0.3) is 0 Å². The average molecular weight is 474 g/mol. The van der Waals surface area contributed by atoms with E-state index in [9.17, 15) is 5.26 Å². The first-order valence-corrected chi connectivity index (χ1v) is 12.3. The molecule has 5 rings (SSSR count). The van der Waals surface area contributed by atoms with Gasteiger partial charge in [0, 0.05) is 12.0 Å². The second-order valence-electron chi connectivity index (χ2n) is 8.97. The summed E-state index contributed by atoms with van der Waals surface area (Å²) in [5, 5.41) is 11.7. The highest BCUT2D eigenvalue weighted by Crippen LogP contribution is 2.45. The van der Waals surface area contributed by atoms with Crippen molar-refractivity contribution in [3.05, 3.63) is 139 Å². The van der Waals surface area contributed by atoms with Gasteiger partial charge in [-0.2, -0.15) is 5.26 Å². The van der Waals surface area contributed by atoms with Crippen LogP contribution in [0.4, 0.5) is 0 Å². The van der Waals surface area contributed by atoms with Gasteiger partial charge in [0.05, 0.1) is 6.07 Å². The molecule has 0 atom stereocenters. The largest absolute Gasteiger partial charge is 0.193 e. The fourth-order valence-electron chi connectivity index (χ4n) is 5.47. The number of fused-ring (bicyclic) bond motifs is 1. The molecule has 0 N–H and O–H groups in total. The standard InChI is InChI=1S/C36H27N/c1-5-27-28(6-2)34(21-20-31(27)26-19-18-24(22-26)23-37)36-30(8-4)29(7-3)35(25-14-10-9-11-15-25)32-16-12-13-17-33(32)36/h5-21H,1-4,22H2. The van der Waals surface area contributed by atoms with Gasteiger partial charge in [-0.3, -0.25) is 0 Å². The van der Waals surface area contributed by atoms with E-state index in [0.29, 0.717) is 6.42 Å². The highest BCUT2D eigenvalue weighted by molar-refractivity contribution is 6.12. The molecule has 0 aromatic heterocycles. The zero-order valence-electron chi connectivity index (χ0n) is 20.8. The molecule has 1 aliphatic carbocycles. The molecule has 0 unspecified atom stereocenters. The van der Waals surface area contributed by atoms with Crippen LogP contribution in [0.1, 0.15) is 34.2 Å². The first-order valence-electron chi connectivity index (χ1n) is 12.3. The van der Waals surface area contributed by atoms with Crippen molar-refractivity contribution in [1.29, 1.82) is 5.26 Å². The lowest BCUT2D eigenvalue weighted by atomic mass is 9.80. The summed E-state index contributed by atoms with van der Waals surface area (Å²) in [6.07, 6.45) is 12.2. The molecule has 0 heterocycles. The van der Waals surface area contributed by atoms with Gasteiger partial charge in [-0.15, -0.1) is 0 Å². The molecule has 1 nitrogen and oxygen atoms in total. The van der Waals surface area contributed by atoms with Gasteiger partial charge < -0.3 is 0 Å². The third kappa shape index (κ3) is 3.90. The molecule has 176 valence electrons. The number of nitrogens with zero attached hydrogens (tertiary/aromatic N) is 1. The van der Waals surface area contributed by atoms with E-state index >= 15 is 0 Å². The second-order valence-corrected chi connectivity index (χ2v) is 8.97. The van der Waals surface area contributed by atoms with Crippen molar-refractivity contribution in [1.82, 2.24) is 0 Å². The summed E-state index contributed by atoms with van der Waals surface area (Å²) in [4.78, 5) is 0. The number of rotatable bonds is 7. The number of hydrogen-bond donors (Lipinski definition) is 0. The van der Waals surface area contributed by atoms with Crippen LogP contribution in [0.15, 0.2) is 111 Å². The summed E-state index contributed by atoms with van der Waals surface area (Å²) in [6.45, 7) is 16.8. The molecule has 0 saturated heterocycles. The molecule has 0 bridgehead atoms. The maximum Gasteiger partial charge on any atom is 0.0950 e. The second kappa shape index (κ2) is 9.97. The summed E-state index contributed by atoms with van der Waals surface area (Å²) in [7, 11) is 0. The minimum atomic E-state index is 0.625. The Morgan fingerprint density at radius 2 is 1.14 bits per heavy atom. The molecular weight excluding hydrogens is 446 g/mol. The lowest BCUT2D eigenvalue weighted by molar-refractivity contribution is 1.32. The predicted molar refractivity (Wildman–Crippen MR) is 161 cm³/mol. The van der Waals surface area contributed by atoms with Crippen molar-refractivity contribution >= 4 is 40.6 Å². The normalized spacial score (nSPS) is 12.4. The van der Waals surface area contributed by atoms with Crippen LogP contribution in [0.5, 0.6) is 0 Å². The van der Waals surface area contributed by atoms with Gasteiger partial charge in [0.2, 0.25) is 0 Å². The van der Waals surface area contributed by atoms with E-state index in [0.717, 1.165) is 72.0 Å². The zero-order valence-corrected chi connectivity index (χ0v) is 20.8. The smallest absolute Gasteiger partial charge is 0.0950 e. The molecular formula is C36H27N. The Morgan fingerprint density at radius 1 is 0.595 bits per heavy atom. The SMILES string of the molecule is C=Cc1c(C2=CC=C(C#N)C2)ccc(-c2c(C=C)c(C=C)c(-c3ccccc3)c3ccccc23)c1C=C. The van der Waals surface area contributed by atoms with Gasteiger partial charge in [-0.1, -0.05) is 123 Å². The molecule has 0 amide bonds. The molecule has 4 aromatic carbocycles. The predicted octanol–water partition coefficient (Wildman–Crippen LogP) is 9.98. The Hall–Kier alpha value is -4.93. The monoisotopic (exact) mass is 473 g/mol. The van der Waals surface area contributed by atoms with E-state index in [1.807, 2.05) is 42.5 Å². The minimum Gasteiger partial charge on any atom is -0.193 e. The van der Waals surface area contributed by atoms with E-state index in [4.69, 9.17) is 0 Å². The van der Waals surface area contributed by atoms with Crippen molar-refractivity contribution in [3.63, 3.8) is 0 Å². The van der Waals surface area contributed by atoms with E-state index in [-0.39, 0.29) is 0 Å². The Kier molecular flexibility index (Phi) is 6.42. The highest BCUT2D eigenvalue weighted by Gasteiger charge is 2.22. The summed E-state index contributed by atoms with van der Waals surface area (Å²) < 4.78 is 0. The van der Waals surface area contributed by atoms with Crippen LogP contribution in [-0.4, -0.2) is 0 Å². The van der Waals surface area contributed by atoms with Crippen LogP contribution in [0, 0.1) is 11.3 Å². The Morgan fingerprint density at radius 3 is 1.73 bits per heavy atom. The topological polar surface area (TPSA) is 23.8 Å². The number of benzene rings is 4. The average Bonchev–Trinajstić information content (AvgIpc) is 3.44. The minimum absolute atomic E-state index is 0.625. The van der Waals surface area contributed by atoms with Crippen molar-refractivity contribution in [2.45, 2.75) is 6.42 Å². The van der Waals surface area contributed by atoms with Crippen molar-refractivity contribution < 1.29 is 0 Å². The van der Waals surface area contributed by atoms with E-state index < -0.39 is 0 Å². The van der Waals surface area contributed by atoms with Crippen molar-refractivity contribution in [2.24, 2.45) is 0 Å². The van der Waals surface area contributed by atoms with Crippen molar-refractivity contribution in [2.75, 3.05) is 0 Å². The van der Waals surface area contributed by atoms with Gasteiger partial charge in [0.15, 0.2) is 0 Å². The summed E-state index contributed by atoms with van der Waals surface area (Å²) in [6, 6.07) is 25.5. The third-order valence-electron chi connectivity index (χ3n) is 7.09. The fraction of sp³-hybridized carbons (Fsp3) is 0.0278. The zero-order chi connectivity index (χ0) is 25.9. The van der Waals surface area contributed by atoms with Crippen LogP contribution >= 0.6 is 0 Å². The van der Waals surface area contributed by atoms with Crippen molar-refractivity contribution in [3.8, 4) is 28.3 Å². The molecule has 37 heavy (non-hydrogen) atoms. The molecule has 0 saturated carbocycles. The number of allylic oxidation sites excluding steroid dienone is 4. The maximum atomic E-state index is 9.36. The summed E-state index contributed by atoms with van der Waals surface area (Å²) in [5.74, 6) is 0. The molecule has 4 aromatic rings. The van der Waals surface area contributed by atoms with E-state index in [2.05, 4.69) is 93.0 Å². The van der Waals surface area contributed by atoms with Gasteiger partial charge in [-0.25, -0.2) is 0 Å². The van der Waals surface area contributed by atoms with Gasteiger partial charge >= 0.3 is 0 Å². The maximum absolute atomic E-state index is 9.36. The Labute approximate surface area is 219 Å². The number of nitriles is 1. The molecule has 0 fully saturated rings. The molecule has 1 heteroatoms. The lowest BCUT2D eigenvalue weighted by Crippen LogP contribution is -2.00. The van der Waals surface area contributed by atoms with Crippen LogP contribution in [0.25, 0.3) is 62.9 Å². The summed E-state index contributed by atoms with van der Waals surface area (Å²) >= 11 is 0. The highest BCUT2D eigenvalue weighted by atomic mass is 14.3. The van der Waals surface area contributed by atoms with Gasteiger partial charge in [0.1, 0.15) is 0 Å². The molecule has 0 spiro atoms. The Bertz CT molecular complexity index is 1700. The van der Waals surface area contributed by atoms with Crippen LogP contribution in [-0.2, 0) is 0 Å².